The van der Waals surface area contributed by atoms with Gasteiger partial charge in [0.05, 0.1) is 25.9 Å². The van der Waals surface area contributed by atoms with Crippen LogP contribution in [0.2, 0.25) is 0 Å². The third-order valence-electron chi connectivity index (χ3n) is 3.03. The van der Waals surface area contributed by atoms with Crippen LogP contribution in [0.5, 0.6) is 5.88 Å². The van der Waals surface area contributed by atoms with Crippen LogP contribution in [0.4, 0.5) is 0 Å². The molecule has 0 aliphatic carbocycles. The molecule has 0 saturated heterocycles. The molecule has 0 bridgehead atoms. The Morgan fingerprint density at radius 1 is 1.09 bits per heavy atom. The number of nitrogens with one attached hydrogen (secondary N) is 2. The minimum atomic E-state index is 0.595. The van der Waals surface area contributed by atoms with Crippen LogP contribution in [-0.4, -0.2) is 24.6 Å². The Labute approximate surface area is 131 Å². The molecule has 0 aliphatic heterocycles. The Hall–Kier alpha value is -2.56. The van der Waals surface area contributed by atoms with E-state index in [-0.39, 0.29) is 0 Å². The van der Waals surface area contributed by atoms with Crippen LogP contribution in [-0.2, 0) is 13.1 Å². The number of pyridine rings is 1. The second-order valence-electron chi connectivity index (χ2n) is 4.71. The van der Waals surface area contributed by atoms with E-state index in [1.54, 1.807) is 7.11 Å². The number of nitrogens with zero attached hydrogens (tertiary/aromatic N) is 2. The zero-order valence-corrected chi connectivity index (χ0v) is 13.0. The zero-order chi connectivity index (χ0) is 15.6. The molecule has 2 rings (SSSR count). The fourth-order valence-electron chi connectivity index (χ4n) is 1.94. The van der Waals surface area contributed by atoms with Gasteiger partial charge in [0.25, 0.3) is 0 Å². The zero-order valence-electron chi connectivity index (χ0n) is 13.0. The first-order valence-corrected chi connectivity index (χ1v) is 7.38. The number of methoxy groups -OCH3 is 1. The van der Waals surface area contributed by atoms with E-state index in [0.717, 1.165) is 18.2 Å². The Bertz CT molecular complexity index is 599. The minimum Gasteiger partial charge on any atom is -0.481 e. The van der Waals surface area contributed by atoms with Crippen molar-refractivity contribution in [1.29, 1.82) is 0 Å². The third kappa shape index (κ3) is 5.09. The minimum absolute atomic E-state index is 0.595. The summed E-state index contributed by atoms with van der Waals surface area (Å²) < 4.78 is 5.13. The maximum Gasteiger partial charge on any atom is 0.213 e. The van der Waals surface area contributed by atoms with Gasteiger partial charge in [0.2, 0.25) is 5.88 Å². The number of hydrogen-bond donors (Lipinski definition) is 2. The second kappa shape index (κ2) is 8.67. The first-order valence-electron chi connectivity index (χ1n) is 7.38. The maximum absolute atomic E-state index is 5.13. The van der Waals surface area contributed by atoms with Crippen LogP contribution in [0.1, 0.15) is 18.2 Å². The standard InChI is InChI=1S/C17H22N4O/c1-3-18-17(19-12-14-8-5-4-6-9-14)20-13-15-10-7-11-16(21-15)22-2/h4-11H,3,12-13H2,1-2H3,(H2,18,19,20). The monoisotopic (exact) mass is 298 g/mol. The van der Waals surface area contributed by atoms with Crippen molar-refractivity contribution in [3.63, 3.8) is 0 Å². The molecule has 22 heavy (non-hydrogen) atoms. The molecule has 1 heterocycles. The van der Waals surface area contributed by atoms with Crippen LogP contribution < -0.4 is 15.4 Å². The number of aromatic nitrogens is 1. The van der Waals surface area contributed by atoms with Crippen molar-refractivity contribution in [1.82, 2.24) is 15.6 Å². The van der Waals surface area contributed by atoms with Crippen molar-refractivity contribution < 1.29 is 4.74 Å². The summed E-state index contributed by atoms with van der Waals surface area (Å²) >= 11 is 0. The fraction of sp³-hybridized carbons (Fsp3) is 0.294. The fourth-order valence-corrected chi connectivity index (χ4v) is 1.94. The molecule has 0 aliphatic rings. The quantitative estimate of drug-likeness (QED) is 0.635. The van der Waals surface area contributed by atoms with Gasteiger partial charge in [0.15, 0.2) is 5.96 Å². The molecule has 1 aromatic carbocycles. The molecular formula is C17H22N4O. The van der Waals surface area contributed by atoms with Gasteiger partial charge < -0.3 is 15.4 Å². The SMILES string of the molecule is CCNC(=NCc1ccccc1)NCc1cccc(OC)n1. The molecule has 0 fully saturated rings. The molecule has 2 aromatic rings. The van der Waals surface area contributed by atoms with Crippen molar-refractivity contribution in [3.05, 3.63) is 59.8 Å². The molecule has 116 valence electrons. The van der Waals surface area contributed by atoms with Gasteiger partial charge in [-0.05, 0) is 18.6 Å². The van der Waals surface area contributed by atoms with E-state index in [4.69, 9.17) is 4.74 Å². The molecule has 0 atom stereocenters. The number of hydrogen-bond acceptors (Lipinski definition) is 3. The highest BCUT2D eigenvalue weighted by molar-refractivity contribution is 5.79. The van der Waals surface area contributed by atoms with E-state index in [1.165, 1.54) is 5.56 Å². The highest BCUT2D eigenvalue weighted by Crippen LogP contribution is 2.06. The number of aliphatic imine (C=N–C) groups is 1. The third-order valence-corrected chi connectivity index (χ3v) is 3.03. The summed E-state index contributed by atoms with van der Waals surface area (Å²) in [5, 5.41) is 6.51. The number of benzene rings is 1. The molecule has 0 saturated carbocycles. The molecular weight excluding hydrogens is 276 g/mol. The summed E-state index contributed by atoms with van der Waals surface area (Å²) in [5.74, 6) is 1.39. The van der Waals surface area contributed by atoms with E-state index >= 15 is 0 Å². The summed E-state index contributed by atoms with van der Waals surface area (Å²) in [6.45, 7) is 4.09. The molecule has 1 aromatic heterocycles. The predicted octanol–water partition coefficient (Wildman–Crippen LogP) is 2.35. The lowest BCUT2D eigenvalue weighted by atomic mass is 10.2. The van der Waals surface area contributed by atoms with Crippen molar-refractivity contribution in [2.24, 2.45) is 4.99 Å². The first kappa shape index (κ1) is 15.8. The Morgan fingerprint density at radius 3 is 2.64 bits per heavy atom. The summed E-state index contributed by atoms with van der Waals surface area (Å²) in [7, 11) is 1.62. The van der Waals surface area contributed by atoms with Crippen LogP contribution in [0.15, 0.2) is 53.5 Å². The van der Waals surface area contributed by atoms with Crippen LogP contribution in [0.25, 0.3) is 0 Å². The molecule has 0 spiro atoms. The smallest absolute Gasteiger partial charge is 0.213 e. The van der Waals surface area contributed by atoms with E-state index in [2.05, 4.69) is 32.7 Å². The topological polar surface area (TPSA) is 58.5 Å². The Morgan fingerprint density at radius 2 is 1.91 bits per heavy atom. The van der Waals surface area contributed by atoms with Crippen LogP contribution in [0.3, 0.4) is 0 Å². The van der Waals surface area contributed by atoms with E-state index in [9.17, 15) is 0 Å². The largest absolute Gasteiger partial charge is 0.481 e. The molecule has 0 radical (unpaired) electrons. The second-order valence-corrected chi connectivity index (χ2v) is 4.71. The van der Waals surface area contributed by atoms with Crippen molar-refractivity contribution in [2.75, 3.05) is 13.7 Å². The van der Waals surface area contributed by atoms with Gasteiger partial charge in [-0.3, -0.25) is 0 Å². The summed E-state index contributed by atoms with van der Waals surface area (Å²) in [6.07, 6.45) is 0. The van der Waals surface area contributed by atoms with E-state index < -0.39 is 0 Å². The van der Waals surface area contributed by atoms with Gasteiger partial charge >= 0.3 is 0 Å². The number of rotatable bonds is 6. The molecule has 2 N–H and O–H groups in total. The lowest BCUT2D eigenvalue weighted by Crippen LogP contribution is -2.37. The summed E-state index contributed by atoms with van der Waals surface area (Å²) in [4.78, 5) is 8.95. The lowest BCUT2D eigenvalue weighted by Gasteiger charge is -2.11. The number of guanidine groups is 1. The van der Waals surface area contributed by atoms with Crippen molar-refractivity contribution in [2.45, 2.75) is 20.0 Å². The normalized spacial score (nSPS) is 11.1. The average Bonchev–Trinajstić information content (AvgIpc) is 2.58. The van der Waals surface area contributed by atoms with Gasteiger partial charge in [0, 0.05) is 12.6 Å². The lowest BCUT2D eigenvalue weighted by molar-refractivity contribution is 0.396. The van der Waals surface area contributed by atoms with Gasteiger partial charge in [-0.1, -0.05) is 36.4 Å². The highest BCUT2D eigenvalue weighted by atomic mass is 16.5. The highest BCUT2D eigenvalue weighted by Gasteiger charge is 2.01. The van der Waals surface area contributed by atoms with Crippen LogP contribution in [0, 0.1) is 0 Å². The van der Waals surface area contributed by atoms with Gasteiger partial charge in [-0.15, -0.1) is 0 Å². The summed E-state index contributed by atoms with van der Waals surface area (Å²) in [6, 6.07) is 15.9. The average molecular weight is 298 g/mol. The van der Waals surface area contributed by atoms with Crippen LogP contribution >= 0.6 is 0 Å². The molecule has 0 unspecified atom stereocenters. The molecule has 5 nitrogen and oxygen atoms in total. The van der Waals surface area contributed by atoms with Crippen molar-refractivity contribution in [3.8, 4) is 5.88 Å². The predicted molar refractivity (Wildman–Crippen MR) is 88.9 cm³/mol. The van der Waals surface area contributed by atoms with E-state index in [1.807, 2.05) is 43.3 Å². The van der Waals surface area contributed by atoms with Gasteiger partial charge in [-0.2, -0.15) is 0 Å². The van der Waals surface area contributed by atoms with Gasteiger partial charge in [-0.25, -0.2) is 9.98 Å². The Balaban J connectivity index is 1.96. The molecule has 0 amide bonds. The van der Waals surface area contributed by atoms with Crippen molar-refractivity contribution >= 4 is 5.96 Å². The van der Waals surface area contributed by atoms with Gasteiger partial charge in [0.1, 0.15) is 0 Å². The first-order chi connectivity index (χ1) is 10.8. The molecule has 5 heteroatoms. The number of ether oxygens (including phenoxy) is 1. The van der Waals surface area contributed by atoms with E-state index in [0.29, 0.717) is 19.0 Å². The summed E-state index contributed by atoms with van der Waals surface area (Å²) in [5.41, 5.74) is 2.09. The maximum atomic E-state index is 5.13. The Kier molecular flexibility index (Phi) is 6.23.